The first kappa shape index (κ1) is 19.2. The fourth-order valence-corrected chi connectivity index (χ4v) is 3.99. The van der Waals surface area contributed by atoms with Crippen molar-refractivity contribution in [2.75, 3.05) is 21.2 Å². The van der Waals surface area contributed by atoms with Crippen molar-refractivity contribution < 1.29 is 13.9 Å². The summed E-state index contributed by atoms with van der Waals surface area (Å²) in [6.45, 7) is 0. The van der Waals surface area contributed by atoms with Crippen LogP contribution in [0.15, 0.2) is 42.6 Å². The Balaban J connectivity index is 1.71. The van der Waals surface area contributed by atoms with E-state index in [1.807, 2.05) is 6.07 Å². The summed E-state index contributed by atoms with van der Waals surface area (Å²) in [5, 5.41) is 0.916. The summed E-state index contributed by atoms with van der Waals surface area (Å²) >= 11 is 0. The van der Waals surface area contributed by atoms with Gasteiger partial charge in [-0.05, 0) is 60.7 Å². The van der Waals surface area contributed by atoms with Crippen molar-refractivity contribution in [2.24, 2.45) is 5.92 Å². The van der Waals surface area contributed by atoms with Crippen LogP contribution in [-0.2, 0) is 4.79 Å². The Labute approximate surface area is 169 Å². The summed E-state index contributed by atoms with van der Waals surface area (Å²) in [5.74, 6) is 0.527. The lowest BCUT2D eigenvalue weighted by Crippen LogP contribution is -2.30. The second kappa shape index (κ2) is 7.70. The number of ether oxygens (including phenoxy) is 1. The monoisotopic (exact) mass is 393 g/mol. The molecule has 0 bridgehead atoms. The first-order valence-electron chi connectivity index (χ1n) is 9.70. The lowest BCUT2D eigenvalue weighted by molar-refractivity contribution is -0.133. The molecule has 1 atom stereocenters. The van der Waals surface area contributed by atoms with Crippen LogP contribution in [0.4, 0.5) is 4.39 Å². The van der Waals surface area contributed by atoms with E-state index in [0.29, 0.717) is 11.3 Å². The Morgan fingerprint density at radius 1 is 1.24 bits per heavy atom. The largest absolute Gasteiger partial charge is 0.496 e. The van der Waals surface area contributed by atoms with Gasteiger partial charge in [0.25, 0.3) is 0 Å². The summed E-state index contributed by atoms with van der Waals surface area (Å²) in [4.78, 5) is 21.7. The van der Waals surface area contributed by atoms with Crippen LogP contribution in [-0.4, -0.2) is 42.0 Å². The maximum absolute atomic E-state index is 13.9. The molecule has 0 fully saturated rings. The Hall–Kier alpha value is -3.15. The lowest BCUT2D eigenvalue weighted by atomic mass is 9.87. The number of benzene rings is 1. The molecule has 5 nitrogen and oxygen atoms in total. The van der Waals surface area contributed by atoms with Gasteiger partial charge in [-0.3, -0.25) is 4.79 Å². The minimum atomic E-state index is -0.312. The second-order valence-corrected chi connectivity index (χ2v) is 7.58. The summed E-state index contributed by atoms with van der Waals surface area (Å²) in [6, 6.07) is 8.44. The molecule has 4 rings (SSSR count). The zero-order valence-corrected chi connectivity index (χ0v) is 16.8. The Kier molecular flexibility index (Phi) is 5.09. The zero-order valence-electron chi connectivity index (χ0n) is 16.8. The first-order chi connectivity index (χ1) is 14.0. The number of amides is 1. The number of allylic oxidation sites excluding steroid dienone is 2. The van der Waals surface area contributed by atoms with Crippen LogP contribution in [0.3, 0.4) is 0 Å². The number of hydrogen-bond donors (Lipinski definition) is 1. The van der Waals surface area contributed by atoms with Crippen molar-refractivity contribution in [1.82, 2.24) is 14.9 Å². The standard InChI is InChI=1S/C23H24FN3O2/c1-27(2)23(28)15-6-4-14(5-7-15)20-13-19-17(10-11-25-22(19)26-20)18-12-16(24)8-9-21(18)29-3/h4,8-13,15H,5-7H2,1-3H3,(H,25,26). The van der Waals surface area contributed by atoms with Gasteiger partial charge >= 0.3 is 0 Å². The van der Waals surface area contributed by atoms with Crippen LogP contribution >= 0.6 is 0 Å². The van der Waals surface area contributed by atoms with Gasteiger partial charge in [0.15, 0.2) is 0 Å². The Morgan fingerprint density at radius 3 is 2.76 bits per heavy atom. The van der Waals surface area contributed by atoms with E-state index < -0.39 is 0 Å². The summed E-state index contributed by atoms with van der Waals surface area (Å²) in [6.07, 6.45) is 6.25. The van der Waals surface area contributed by atoms with E-state index in [4.69, 9.17) is 4.74 Å². The number of fused-ring (bicyclic) bond motifs is 1. The molecule has 1 amide bonds. The molecule has 6 heteroatoms. The van der Waals surface area contributed by atoms with Gasteiger partial charge in [0, 0.05) is 42.9 Å². The first-order valence-corrected chi connectivity index (χ1v) is 9.70. The van der Waals surface area contributed by atoms with Gasteiger partial charge in [-0.25, -0.2) is 9.37 Å². The van der Waals surface area contributed by atoms with Crippen molar-refractivity contribution in [3.63, 3.8) is 0 Å². The molecule has 1 N–H and O–H groups in total. The third-order valence-electron chi connectivity index (χ3n) is 5.53. The lowest BCUT2D eigenvalue weighted by Gasteiger charge is -2.23. The SMILES string of the molecule is COc1ccc(F)cc1-c1ccnc2[nH]c(C3=CCC(C(=O)N(C)C)CC3)cc12. The molecule has 2 heterocycles. The zero-order chi connectivity index (χ0) is 20.5. The highest BCUT2D eigenvalue weighted by Gasteiger charge is 2.24. The molecule has 0 spiro atoms. The molecule has 0 aliphatic heterocycles. The number of hydrogen-bond acceptors (Lipinski definition) is 3. The van der Waals surface area contributed by atoms with E-state index in [9.17, 15) is 9.18 Å². The number of carbonyl (C=O) groups excluding carboxylic acids is 1. The topological polar surface area (TPSA) is 58.2 Å². The fraction of sp³-hybridized carbons (Fsp3) is 0.304. The molecule has 2 aromatic heterocycles. The minimum Gasteiger partial charge on any atom is -0.496 e. The van der Waals surface area contributed by atoms with Crippen molar-refractivity contribution >= 4 is 22.5 Å². The smallest absolute Gasteiger partial charge is 0.225 e. The van der Waals surface area contributed by atoms with Crippen molar-refractivity contribution in [1.29, 1.82) is 0 Å². The summed E-state index contributed by atoms with van der Waals surface area (Å²) in [7, 11) is 5.18. The van der Waals surface area contributed by atoms with Crippen LogP contribution in [0.1, 0.15) is 25.0 Å². The minimum absolute atomic E-state index is 0.0448. The molecule has 1 unspecified atom stereocenters. The molecular weight excluding hydrogens is 369 g/mol. The molecule has 29 heavy (non-hydrogen) atoms. The average molecular weight is 393 g/mol. The van der Waals surface area contributed by atoms with E-state index in [1.54, 1.807) is 38.4 Å². The van der Waals surface area contributed by atoms with E-state index >= 15 is 0 Å². The van der Waals surface area contributed by atoms with E-state index in [2.05, 4.69) is 22.1 Å². The summed E-state index contributed by atoms with van der Waals surface area (Å²) < 4.78 is 19.3. The third kappa shape index (κ3) is 3.62. The molecule has 1 aliphatic carbocycles. The quantitative estimate of drug-likeness (QED) is 0.702. The van der Waals surface area contributed by atoms with E-state index in [1.165, 1.54) is 17.7 Å². The molecule has 1 aliphatic rings. The number of H-pyrrole nitrogens is 1. The predicted molar refractivity (Wildman–Crippen MR) is 112 cm³/mol. The van der Waals surface area contributed by atoms with Crippen molar-refractivity contribution in [2.45, 2.75) is 19.3 Å². The number of aromatic amines is 1. The number of rotatable bonds is 4. The molecule has 3 aromatic rings. The number of pyridine rings is 1. The fourth-order valence-electron chi connectivity index (χ4n) is 3.99. The van der Waals surface area contributed by atoms with Crippen molar-refractivity contribution in [3.05, 3.63) is 54.1 Å². The molecule has 150 valence electrons. The Bertz CT molecular complexity index is 1100. The van der Waals surface area contributed by atoms with Gasteiger partial charge in [0.05, 0.1) is 7.11 Å². The van der Waals surface area contributed by atoms with Gasteiger partial charge in [-0.15, -0.1) is 0 Å². The van der Waals surface area contributed by atoms with Crippen LogP contribution in [0.2, 0.25) is 0 Å². The number of nitrogens with zero attached hydrogens (tertiary/aromatic N) is 2. The molecular formula is C23H24FN3O2. The van der Waals surface area contributed by atoms with Gasteiger partial charge in [-0.1, -0.05) is 6.08 Å². The highest BCUT2D eigenvalue weighted by Crippen LogP contribution is 2.37. The maximum Gasteiger partial charge on any atom is 0.225 e. The highest BCUT2D eigenvalue weighted by molar-refractivity contribution is 5.96. The van der Waals surface area contributed by atoms with E-state index in [0.717, 1.165) is 41.6 Å². The molecule has 1 aromatic carbocycles. The van der Waals surface area contributed by atoms with Crippen LogP contribution in [0, 0.1) is 11.7 Å². The van der Waals surface area contributed by atoms with E-state index in [-0.39, 0.29) is 17.6 Å². The molecule has 0 saturated heterocycles. The highest BCUT2D eigenvalue weighted by atomic mass is 19.1. The second-order valence-electron chi connectivity index (χ2n) is 7.58. The van der Waals surface area contributed by atoms with Gasteiger partial charge in [0.2, 0.25) is 5.91 Å². The third-order valence-corrected chi connectivity index (χ3v) is 5.53. The van der Waals surface area contributed by atoms with Gasteiger partial charge < -0.3 is 14.6 Å². The molecule has 0 radical (unpaired) electrons. The van der Waals surface area contributed by atoms with Crippen LogP contribution in [0.25, 0.3) is 27.7 Å². The number of carbonyl (C=O) groups is 1. The number of methoxy groups -OCH3 is 1. The maximum atomic E-state index is 13.9. The Morgan fingerprint density at radius 2 is 2.07 bits per heavy atom. The predicted octanol–water partition coefficient (Wildman–Crippen LogP) is 4.65. The van der Waals surface area contributed by atoms with Crippen molar-refractivity contribution in [3.8, 4) is 16.9 Å². The number of aromatic nitrogens is 2. The average Bonchev–Trinajstić information content (AvgIpc) is 3.17. The summed E-state index contributed by atoms with van der Waals surface area (Å²) in [5.41, 5.74) is 4.48. The number of nitrogens with one attached hydrogen (secondary N) is 1. The van der Waals surface area contributed by atoms with Gasteiger partial charge in [-0.2, -0.15) is 0 Å². The number of halogens is 1. The van der Waals surface area contributed by atoms with Gasteiger partial charge in [0.1, 0.15) is 17.2 Å². The molecule has 0 saturated carbocycles. The van der Waals surface area contributed by atoms with Crippen LogP contribution < -0.4 is 4.74 Å². The normalized spacial score (nSPS) is 16.6. The van der Waals surface area contributed by atoms with Crippen LogP contribution in [0.5, 0.6) is 5.75 Å².